The van der Waals surface area contributed by atoms with Gasteiger partial charge < -0.3 is 14.7 Å². The van der Waals surface area contributed by atoms with Crippen molar-refractivity contribution in [2.45, 2.75) is 37.7 Å². The van der Waals surface area contributed by atoms with Gasteiger partial charge in [0.1, 0.15) is 11.6 Å². The number of aliphatic carboxylic acids is 1. The number of amides is 1. The lowest BCUT2D eigenvalue weighted by molar-refractivity contribution is -0.162. The number of ether oxygens (including phenoxy) is 1. The number of halogens is 1. The Kier molecular flexibility index (Phi) is 5.06. The smallest absolute Gasteiger partial charge is 0.348 e. The molecule has 1 saturated heterocycles. The van der Waals surface area contributed by atoms with Crippen molar-refractivity contribution in [3.05, 3.63) is 42.2 Å². The number of rotatable bonds is 4. The summed E-state index contributed by atoms with van der Waals surface area (Å²) in [4.78, 5) is 26.1. The Balaban J connectivity index is 1.67. The summed E-state index contributed by atoms with van der Waals surface area (Å²) in [5.74, 6) is -1.28. The number of hydrogen-bond acceptors (Lipinski definition) is 3. The predicted molar refractivity (Wildman–Crippen MR) is 89.7 cm³/mol. The zero-order valence-corrected chi connectivity index (χ0v) is 14.0. The fourth-order valence-electron chi connectivity index (χ4n) is 3.48. The molecule has 0 aromatic heterocycles. The third-order valence-electron chi connectivity index (χ3n) is 5.00. The van der Waals surface area contributed by atoms with E-state index in [2.05, 4.69) is 6.08 Å². The molecule has 1 aromatic rings. The fourth-order valence-corrected chi connectivity index (χ4v) is 3.48. The van der Waals surface area contributed by atoms with Gasteiger partial charge in [0, 0.05) is 37.9 Å². The van der Waals surface area contributed by atoms with Gasteiger partial charge >= 0.3 is 5.97 Å². The Morgan fingerprint density at radius 1 is 1.24 bits per heavy atom. The molecule has 0 spiro atoms. The second-order valence-electron chi connectivity index (χ2n) is 6.67. The van der Waals surface area contributed by atoms with Crippen LogP contribution in [0.4, 0.5) is 4.39 Å². The molecule has 134 valence electrons. The molecule has 3 rings (SSSR count). The Morgan fingerprint density at radius 3 is 2.60 bits per heavy atom. The highest BCUT2D eigenvalue weighted by molar-refractivity contribution is 5.81. The van der Waals surface area contributed by atoms with E-state index in [4.69, 9.17) is 4.74 Å². The lowest BCUT2D eigenvalue weighted by atomic mass is 9.88. The summed E-state index contributed by atoms with van der Waals surface area (Å²) in [5.41, 5.74) is -1.42. The zero-order chi connectivity index (χ0) is 17.9. The number of likely N-dealkylation sites (tertiary alicyclic amines) is 1. The van der Waals surface area contributed by atoms with E-state index in [1.54, 1.807) is 11.0 Å². The molecule has 1 fully saturated rings. The molecular formula is C19H22FNO4. The maximum Gasteiger partial charge on any atom is 0.348 e. The van der Waals surface area contributed by atoms with E-state index >= 15 is 0 Å². The van der Waals surface area contributed by atoms with E-state index < -0.39 is 17.4 Å². The van der Waals surface area contributed by atoms with E-state index in [1.165, 1.54) is 18.2 Å². The number of carbonyl (C=O) groups is 2. The normalized spacial score (nSPS) is 22.4. The number of hydrogen-bond donors (Lipinski definition) is 1. The van der Waals surface area contributed by atoms with Crippen LogP contribution in [0.15, 0.2) is 36.4 Å². The first-order chi connectivity index (χ1) is 12.0. The first-order valence-electron chi connectivity index (χ1n) is 8.62. The first kappa shape index (κ1) is 17.5. The second-order valence-corrected chi connectivity index (χ2v) is 6.67. The number of carbonyl (C=O) groups excluding carboxylic acids is 1. The average molecular weight is 347 g/mol. The van der Waals surface area contributed by atoms with Gasteiger partial charge in [-0.1, -0.05) is 18.2 Å². The van der Waals surface area contributed by atoms with E-state index in [-0.39, 0.29) is 30.4 Å². The van der Waals surface area contributed by atoms with Gasteiger partial charge in [0.25, 0.3) is 0 Å². The monoisotopic (exact) mass is 347 g/mol. The molecule has 0 unspecified atom stereocenters. The van der Waals surface area contributed by atoms with Crippen LogP contribution in [0.2, 0.25) is 0 Å². The van der Waals surface area contributed by atoms with Crippen LogP contribution in [-0.4, -0.2) is 40.6 Å². The van der Waals surface area contributed by atoms with Crippen LogP contribution in [-0.2, 0) is 9.59 Å². The molecule has 1 aliphatic heterocycles. The summed E-state index contributed by atoms with van der Waals surface area (Å²) < 4.78 is 19.0. The van der Waals surface area contributed by atoms with Gasteiger partial charge in [-0.25, -0.2) is 9.18 Å². The summed E-state index contributed by atoms with van der Waals surface area (Å²) in [6, 6.07) is 5.48. The molecule has 1 N–H and O–H groups in total. The second kappa shape index (κ2) is 7.25. The maximum atomic E-state index is 13.3. The third kappa shape index (κ3) is 3.83. The third-order valence-corrected chi connectivity index (χ3v) is 5.00. The van der Waals surface area contributed by atoms with Crippen molar-refractivity contribution in [3.63, 3.8) is 0 Å². The Morgan fingerprint density at radius 2 is 2.00 bits per heavy atom. The van der Waals surface area contributed by atoms with Crippen LogP contribution in [0.25, 0.3) is 0 Å². The number of nitrogens with zero attached hydrogens (tertiary/aromatic N) is 1. The molecule has 1 atom stereocenters. The standard InChI is InChI=1S/C19H22FNO4/c20-15-7-4-8-16(13-15)25-19(18(23)24)9-11-21(12-10-19)17(22)14-5-2-1-3-6-14/h1-2,4,7-8,13-14H,3,5-6,9-12H2,(H,23,24)/t14-/m0/s1. The molecule has 0 radical (unpaired) electrons. The van der Waals surface area contributed by atoms with Crippen molar-refractivity contribution < 1.29 is 23.8 Å². The molecule has 1 amide bonds. The largest absolute Gasteiger partial charge is 0.478 e. The Labute approximate surface area is 146 Å². The molecule has 1 aromatic carbocycles. The molecule has 25 heavy (non-hydrogen) atoms. The summed E-state index contributed by atoms with van der Waals surface area (Å²) >= 11 is 0. The Hall–Kier alpha value is -2.37. The van der Waals surface area contributed by atoms with E-state index in [1.807, 2.05) is 6.08 Å². The van der Waals surface area contributed by atoms with Gasteiger partial charge in [-0.15, -0.1) is 0 Å². The topological polar surface area (TPSA) is 66.8 Å². The van der Waals surface area contributed by atoms with Gasteiger partial charge in [-0.2, -0.15) is 0 Å². The minimum Gasteiger partial charge on any atom is -0.478 e. The van der Waals surface area contributed by atoms with Crippen molar-refractivity contribution in [1.29, 1.82) is 0 Å². The van der Waals surface area contributed by atoms with Gasteiger partial charge in [0.15, 0.2) is 0 Å². The van der Waals surface area contributed by atoms with E-state index in [0.717, 1.165) is 19.3 Å². The average Bonchev–Trinajstić information content (AvgIpc) is 2.62. The summed E-state index contributed by atoms with van der Waals surface area (Å²) in [5, 5.41) is 9.66. The van der Waals surface area contributed by atoms with E-state index in [9.17, 15) is 19.1 Å². The molecule has 1 aliphatic carbocycles. The van der Waals surface area contributed by atoms with Crippen LogP contribution in [0, 0.1) is 11.7 Å². The number of carboxylic acids is 1. The highest BCUT2D eigenvalue weighted by Gasteiger charge is 2.45. The predicted octanol–water partition coefficient (Wildman–Crippen LogP) is 3.01. The molecule has 5 nitrogen and oxygen atoms in total. The molecule has 6 heteroatoms. The SMILES string of the molecule is O=C([C@H]1CC=CCC1)N1CCC(Oc2cccc(F)c2)(C(=O)O)CC1. The molecule has 0 bridgehead atoms. The van der Waals surface area contributed by atoms with Crippen molar-refractivity contribution in [1.82, 2.24) is 4.90 Å². The first-order valence-corrected chi connectivity index (χ1v) is 8.62. The van der Waals surface area contributed by atoms with Gasteiger partial charge in [0.2, 0.25) is 11.5 Å². The quantitative estimate of drug-likeness (QED) is 0.850. The number of piperidine rings is 1. The van der Waals surface area contributed by atoms with Gasteiger partial charge in [-0.05, 0) is 31.4 Å². The fraction of sp³-hybridized carbons (Fsp3) is 0.474. The van der Waals surface area contributed by atoms with Crippen molar-refractivity contribution in [2.24, 2.45) is 5.92 Å². The van der Waals surface area contributed by atoms with Gasteiger partial charge in [0.05, 0.1) is 0 Å². The molecule has 0 saturated carbocycles. The van der Waals surface area contributed by atoms with Crippen LogP contribution < -0.4 is 4.74 Å². The van der Waals surface area contributed by atoms with Crippen molar-refractivity contribution in [3.8, 4) is 5.75 Å². The minimum atomic E-state index is -1.42. The van der Waals surface area contributed by atoms with Crippen molar-refractivity contribution >= 4 is 11.9 Å². The number of carboxylic acid groups (broad SMARTS) is 1. The highest BCUT2D eigenvalue weighted by atomic mass is 19.1. The van der Waals surface area contributed by atoms with Crippen LogP contribution in [0.3, 0.4) is 0 Å². The molecule has 1 heterocycles. The summed E-state index contributed by atoms with van der Waals surface area (Å²) in [7, 11) is 0. The lowest BCUT2D eigenvalue weighted by Crippen LogP contribution is -2.55. The number of allylic oxidation sites excluding steroid dienone is 2. The van der Waals surface area contributed by atoms with Crippen molar-refractivity contribution in [2.75, 3.05) is 13.1 Å². The summed E-state index contributed by atoms with van der Waals surface area (Å²) in [6.07, 6.45) is 6.99. The minimum absolute atomic E-state index is 0.00790. The highest BCUT2D eigenvalue weighted by Crippen LogP contribution is 2.31. The van der Waals surface area contributed by atoms with Gasteiger partial charge in [-0.3, -0.25) is 4.79 Å². The van der Waals surface area contributed by atoms with E-state index in [0.29, 0.717) is 13.1 Å². The van der Waals surface area contributed by atoms with Crippen LogP contribution in [0.1, 0.15) is 32.1 Å². The zero-order valence-electron chi connectivity index (χ0n) is 14.0. The van der Waals surface area contributed by atoms with Crippen LogP contribution >= 0.6 is 0 Å². The lowest BCUT2D eigenvalue weighted by Gasteiger charge is -2.40. The Bertz CT molecular complexity index is 680. The summed E-state index contributed by atoms with van der Waals surface area (Å²) in [6.45, 7) is 0.668. The molecular weight excluding hydrogens is 325 g/mol. The van der Waals surface area contributed by atoms with Crippen LogP contribution in [0.5, 0.6) is 5.75 Å². The molecule has 2 aliphatic rings. The number of benzene rings is 1. The maximum absolute atomic E-state index is 13.3.